The molecular weight excluding hydrogens is 274 g/mol. The molecule has 0 aliphatic heterocycles. The molecule has 1 aromatic heterocycles. The number of sulfonamides is 1. The highest BCUT2D eigenvalue weighted by molar-refractivity contribution is 7.89. The SMILES string of the molecule is CC1(C)CCCC(NS(=O)(=O)c2ccc(C#N)nc2)C1. The van der Waals surface area contributed by atoms with Gasteiger partial charge < -0.3 is 0 Å². The zero-order chi connectivity index (χ0) is 14.8. The summed E-state index contributed by atoms with van der Waals surface area (Å²) in [5, 5.41) is 8.67. The van der Waals surface area contributed by atoms with Crippen LogP contribution in [0.2, 0.25) is 0 Å². The van der Waals surface area contributed by atoms with Crippen molar-refractivity contribution in [2.45, 2.75) is 50.5 Å². The standard InChI is InChI=1S/C14H19N3O2S/c1-14(2)7-3-4-11(8-14)17-20(18,19)13-6-5-12(9-15)16-10-13/h5-6,10-11,17H,3-4,7-8H2,1-2H3. The predicted molar refractivity (Wildman–Crippen MR) is 75.3 cm³/mol. The van der Waals surface area contributed by atoms with Crippen molar-refractivity contribution in [1.29, 1.82) is 5.26 Å². The fourth-order valence-electron chi connectivity index (χ4n) is 2.69. The quantitative estimate of drug-likeness (QED) is 0.926. The van der Waals surface area contributed by atoms with Crippen LogP contribution in [-0.4, -0.2) is 19.4 Å². The Morgan fingerprint density at radius 3 is 2.75 bits per heavy atom. The van der Waals surface area contributed by atoms with Gasteiger partial charge in [-0.1, -0.05) is 20.3 Å². The topological polar surface area (TPSA) is 82.9 Å². The van der Waals surface area contributed by atoms with Crippen molar-refractivity contribution in [2.75, 3.05) is 0 Å². The summed E-state index contributed by atoms with van der Waals surface area (Å²) in [6, 6.07) is 4.68. The van der Waals surface area contributed by atoms with E-state index >= 15 is 0 Å². The summed E-state index contributed by atoms with van der Waals surface area (Å²) < 4.78 is 27.3. The lowest BCUT2D eigenvalue weighted by Gasteiger charge is -2.35. The monoisotopic (exact) mass is 293 g/mol. The molecule has 1 N–H and O–H groups in total. The van der Waals surface area contributed by atoms with E-state index in [0.29, 0.717) is 0 Å². The third-order valence-electron chi connectivity index (χ3n) is 3.69. The van der Waals surface area contributed by atoms with Crippen molar-refractivity contribution in [3.05, 3.63) is 24.0 Å². The van der Waals surface area contributed by atoms with Gasteiger partial charge in [-0.3, -0.25) is 0 Å². The Kier molecular flexibility index (Phi) is 4.11. The molecule has 1 atom stereocenters. The van der Waals surface area contributed by atoms with Gasteiger partial charge in [-0.25, -0.2) is 18.1 Å². The molecule has 0 amide bonds. The second-order valence-corrected chi connectivity index (χ2v) is 7.78. The van der Waals surface area contributed by atoms with E-state index in [1.54, 1.807) is 0 Å². The molecule has 0 bridgehead atoms. The normalized spacial score (nSPS) is 22.1. The molecular formula is C14H19N3O2S. The van der Waals surface area contributed by atoms with Crippen LogP contribution in [0.4, 0.5) is 0 Å². The van der Waals surface area contributed by atoms with Gasteiger partial charge in [0.1, 0.15) is 16.7 Å². The number of aromatic nitrogens is 1. The van der Waals surface area contributed by atoms with Crippen molar-refractivity contribution in [3.63, 3.8) is 0 Å². The van der Waals surface area contributed by atoms with Crippen molar-refractivity contribution < 1.29 is 8.42 Å². The van der Waals surface area contributed by atoms with Gasteiger partial charge >= 0.3 is 0 Å². The molecule has 0 saturated heterocycles. The second-order valence-electron chi connectivity index (χ2n) is 6.07. The fraction of sp³-hybridized carbons (Fsp3) is 0.571. The molecule has 0 spiro atoms. The van der Waals surface area contributed by atoms with Gasteiger partial charge in [0.05, 0.1) is 0 Å². The minimum Gasteiger partial charge on any atom is -0.244 e. The lowest BCUT2D eigenvalue weighted by Crippen LogP contribution is -2.40. The first-order chi connectivity index (χ1) is 9.32. The third-order valence-corrected chi connectivity index (χ3v) is 5.19. The Balaban J connectivity index is 2.12. The number of nitrogens with one attached hydrogen (secondary N) is 1. The maximum Gasteiger partial charge on any atom is 0.242 e. The van der Waals surface area contributed by atoms with E-state index in [1.807, 2.05) is 6.07 Å². The van der Waals surface area contributed by atoms with Crippen molar-refractivity contribution in [1.82, 2.24) is 9.71 Å². The molecule has 1 aliphatic rings. The molecule has 1 aliphatic carbocycles. The third kappa shape index (κ3) is 3.56. The fourth-order valence-corrected chi connectivity index (χ4v) is 3.91. The van der Waals surface area contributed by atoms with E-state index in [4.69, 9.17) is 5.26 Å². The molecule has 108 valence electrons. The summed E-state index contributed by atoms with van der Waals surface area (Å²) in [6.07, 6.45) is 5.10. The zero-order valence-electron chi connectivity index (χ0n) is 11.8. The Morgan fingerprint density at radius 1 is 1.45 bits per heavy atom. The number of pyridine rings is 1. The van der Waals surface area contributed by atoms with Gasteiger partial charge in [0.25, 0.3) is 0 Å². The first-order valence-corrected chi connectivity index (χ1v) is 8.19. The number of hydrogen-bond donors (Lipinski definition) is 1. The van der Waals surface area contributed by atoms with E-state index < -0.39 is 10.0 Å². The molecule has 1 unspecified atom stereocenters. The van der Waals surface area contributed by atoms with Crippen LogP contribution < -0.4 is 4.72 Å². The maximum absolute atomic E-state index is 12.3. The minimum absolute atomic E-state index is 0.0283. The molecule has 0 radical (unpaired) electrons. The molecule has 1 heterocycles. The van der Waals surface area contributed by atoms with E-state index in [2.05, 4.69) is 23.6 Å². The van der Waals surface area contributed by atoms with E-state index in [0.717, 1.165) is 25.7 Å². The van der Waals surface area contributed by atoms with E-state index in [9.17, 15) is 8.42 Å². The van der Waals surface area contributed by atoms with Crippen molar-refractivity contribution in [3.8, 4) is 6.07 Å². The highest BCUT2D eigenvalue weighted by Crippen LogP contribution is 2.35. The first kappa shape index (κ1) is 14.9. The Hall–Kier alpha value is -1.45. The number of nitriles is 1. The van der Waals surface area contributed by atoms with Gasteiger partial charge in [-0.15, -0.1) is 0 Å². The average molecular weight is 293 g/mol. The molecule has 1 saturated carbocycles. The number of rotatable bonds is 3. The van der Waals surface area contributed by atoms with Crippen LogP contribution in [0.1, 0.15) is 45.2 Å². The zero-order valence-corrected chi connectivity index (χ0v) is 12.6. The van der Waals surface area contributed by atoms with E-state index in [-0.39, 0.29) is 22.0 Å². The van der Waals surface area contributed by atoms with Crippen LogP contribution in [0.15, 0.2) is 23.2 Å². The Morgan fingerprint density at radius 2 is 2.20 bits per heavy atom. The van der Waals surface area contributed by atoms with Crippen molar-refractivity contribution in [2.24, 2.45) is 5.41 Å². The minimum atomic E-state index is -3.56. The molecule has 1 aromatic rings. The molecule has 20 heavy (non-hydrogen) atoms. The van der Waals surface area contributed by atoms with Gasteiger partial charge in [0, 0.05) is 12.2 Å². The van der Waals surface area contributed by atoms with Crippen LogP contribution in [0, 0.1) is 16.7 Å². The van der Waals surface area contributed by atoms with Crippen LogP contribution in [0.5, 0.6) is 0 Å². The Bertz CT molecular complexity index is 615. The number of hydrogen-bond acceptors (Lipinski definition) is 4. The average Bonchev–Trinajstić information content (AvgIpc) is 2.37. The molecule has 1 fully saturated rings. The van der Waals surface area contributed by atoms with Gasteiger partial charge in [0.15, 0.2) is 0 Å². The van der Waals surface area contributed by atoms with Gasteiger partial charge in [-0.2, -0.15) is 5.26 Å². The van der Waals surface area contributed by atoms with Crippen LogP contribution in [0.3, 0.4) is 0 Å². The summed E-state index contributed by atoms with van der Waals surface area (Å²) >= 11 is 0. The predicted octanol–water partition coefficient (Wildman–Crippen LogP) is 2.20. The highest BCUT2D eigenvalue weighted by atomic mass is 32.2. The summed E-state index contributed by atoms with van der Waals surface area (Å²) in [5.74, 6) is 0. The summed E-state index contributed by atoms with van der Waals surface area (Å²) in [7, 11) is -3.56. The van der Waals surface area contributed by atoms with Gasteiger partial charge in [-0.05, 0) is 36.8 Å². The summed E-state index contributed by atoms with van der Waals surface area (Å²) in [5.41, 5.74) is 0.386. The van der Waals surface area contributed by atoms with Crippen molar-refractivity contribution >= 4 is 10.0 Å². The largest absolute Gasteiger partial charge is 0.244 e. The molecule has 6 heteroatoms. The number of nitrogens with zero attached hydrogens (tertiary/aromatic N) is 2. The smallest absolute Gasteiger partial charge is 0.242 e. The lowest BCUT2D eigenvalue weighted by atomic mass is 9.75. The molecule has 2 rings (SSSR count). The summed E-state index contributed by atoms with van der Waals surface area (Å²) in [4.78, 5) is 3.92. The van der Waals surface area contributed by atoms with Crippen LogP contribution in [-0.2, 0) is 10.0 Å². The molecule has 5 nitrogen and oxygen atoms in total. The Labute approximate surface area is 120 Å². The first-order valence-electron chi connectivity index (χ1n) is 6.71. The van der Waals surface area contributed by atoms with Crippen LogP contribution in [0.25, 0.3) is 0 Å². The van der Waals surface area contributed by atoms with Gasteiger partial charge in [0.2, 0.25) is 10.0 Å². The lowest BCUT2D eigenvalue weighted by molar-refractivity contribution is 0.212. The molecule has 0 aromatic carbocycles. The van der Waals surface area contributed by atoms with Crippen LogP contribution >= 0.6 is 0 Å². The maximum atomic E-state index is 12.3. The second kappa shape index (κ2) is 5.51. The highest BCUT2D eigenvalue weighted by Gasteiger charge is 2.30. The summed E-state index contributed by atoms with van der Waals surface area (Å²) in [6.45, 7) is 4.33. The van der Waals surface area contributed by atoms with E-state index in [1.165, 1.54) is 18.3 Å².